The predicted molar refractivity (Wildman–Crippen MR) is 114 cm³/mol. The zero-order valence-electron chi connectivity index (χ0n) is 16.8. The second-order valence-corrected chi connectivity index (χ2v) is 8.06. The average molecular weight is 442 g/mol. The number of carbonyl (C=O) groups is 2. The maximum Gasteiger partial charge on any atom is 0.230 e. The lowest BCUT2D eigenvalue weighted by Crippen LogP contribution is -2.33. The Labute approximate surface area is 183 Å². The van der Waals surface area contributed by atoms with Crippen molar-refractivity contribution in [3.63, 3.8) is 0 Å². The second kappa shape index (κ2) is 9.69. The molecule has 0 radical (unpaired) electrons. The summed E-state index contributed by atoms with van der Waals surface area (Å²) >= 11 is 1.29. The van der Waals surface area contributed by atoms with E-state index < -0.39 is 5.91 Å². The van der Waals surface area contributed by atoms with Gasteiger partial charge in [0.1, 0.15) is 17.3 Å². The van der Waals surface area contributed by atoms with Crippen LogP contribution in [0.3, 0.4) is 0 Å². The Balaban J connectivity index is 1.42. The summed E-state index contributed by atoms with van der Waals surface area (Å²) in [5.74, 6) is 1.84. The van der Waals surface area contributed by atoms with Crippen LogP contribution in [0.25, 0.3) is 0 Å². The van der Waals surface area contributed by atoms with Crippen molar-refractivity contribution in [1.82, 2.24) is 20.1 Å². The standard InChI is InChI=1S/C21H23N5O4S/c22-18(27)7-8-19-24-25-21(26(19)12-14-4-3-10-29-14)31-13-20(28)23-16-9-11-30-17-6-2-1-5-15(16)17/h1-6,10,16H,7-9,11-13H2,(H2,22,27)(H,23,28). The number of nitrogens with two attached hydrogens (primary N) is 1. The average Bonchev–Trinajstić information content (AvgIpc) is 3.41. The molecule has 0 bridgehead atoms. The summed E-state index contributed by atoms with van der Waals surface area (Å²) in [4.78, 5) is 23.8. The summed E-state index contributed by atoms with van der Waals surface area (Å²) in [6.07, 6.45) is 2.85. The molecule has 9 nitrogen and oxygen atoms in total. The molecule has 1 atom stereocenters. The number of rotatable bonds is 9. The minimum absolute atomic E-state index is 0.0785. The largest absolute Gasteiger partial charge is 0.493 e. The smallest absolute Gasteiger partial charge is 0.230 e. The van der Waals surface area contributed by atoms with Crippen molar-refractivity contribution >= 4 is 23.6 Å². The number of nitrogens with zero attached hydrogens (tertiary/aromatic N) is 3. The van der Waals surface area contributed by atoms with Gasteiger partial charge >= 0.3 is 0 Å². The summed E-state index contributed by atoms with van der Waals surface area (Å²) in [6, 6.07) is 11.3. The summed E-state index contributed by atoms with van der Waals surface area (Å²) in [6.45, 7) is 0.973. The van der Waals surface area contributed by atoms with Crippen LogP contribution in [0.4, 0.5) is 0 Å². The lowest BCUT2D eigenvalue weighted by Gasteiger charge is -2.26. The van der Waals surface area contributed by atoms with Gasteiger partial charge in [-0.15, -0.1) is 10.2 Å². The Hall–Kier alpha value is -3.27. The maximum atomic E-state index is 12.6. The minimum atomic E-state index is -0.405. The predicted octanol–water partition coefficient (Wildman–Crippen LogP) is 2.07. The molecule has 4 rings (SSSR count). The summed E-state index contributed by atoms with van der Waals surface area (Å²) in [5.41, 5.74) is 6.26. The first-order valence-electron chi connectivity index (χ1n) is 9.97. The summed E-state index contributed by atoms with van der Waals surface area (Å²) in [5, 5.41) is 12.1. The number of thioether (sulfide) groups is 1. The second-order valence-electron chi connectivity index (χ2n) is 7.11. The van der Waals surface area contributed by atoms with Crippen LogP contribution in [-0.2, 0) is 22.6 Å². The topological polar surface area (TPSA) is 125 Å². The van der Waals surface area contributed by atoms with Crippen LogP contribution in [-0.4, -0.2) is 38.9 Å². The Morgan fingerprint density at radius 1 is 1.23 bits per heavy atom. The van der Waals surface area contributed by atoms with E-state index in [1.807, 2.05) is 34.9 Å². The van der Waals surface area contributed by atoms with Gasteiger partial charge in [-0.2, -0.15) is 0 Å². The highest BCUT2D eigenvalue weighted by atomic mass is 32.2. The van der Waals surface area contributed by atoms with Crippen molar-refractivity contribution in [3.05, 3.63) is 59.8 Å². The molecule has 31 heavy (non-hydrogen) atoms. The number of carbonyl (C=O) groups excluding carboxylic acids is 2. The Morgan fingerprint density at radius 2 is 2.10 bits per heavy atom. The van der Waals surface area contributed by atoms with E-state index in [0.29, 0.717) is 30.6 Å². The number of aromatic nitrogens is 3. The number of ether oxygens (including phenoxy) is 1. The molecule has 2 amide bonds. The molecule has 2 aromatic heterocycles. The SMILES string of the molecule is NC(=O)CCc1nnc(SCC(=O)NC2CCOc3ccccc32)n1Cc1ccco1. The first-order chi connectivity index (χ1) is 15.1. The third-order valence-electron chi connectivity index (χ3n) is 4.91. The molecule has 1 aromatic carbocycles. The van der Waals surface area contributed by atoms with E-state index in [0.717, 1.165) is 23.5 Å². The molecular formula is C21H23N5O4S. The fourth-order valence-electron chi connectivity index (χ4n) is 3.42. The molecule has 10 heteroatoms. The first-order valence-corrected chi connectivity index (χ1v) is 11.0. The number of amides is 2. The molecule has 3 aromatic rings. The van der Waals surface area contributed by atoms with Gasteiger partial charge in [0, 0.05) is 24.8 Å². The lowest BCUT2D eigenvalue weighted by atomic mass is 10.0. The number of hydrogen-bond acceptors (Lipinski definition) is 7. The van der Waals surface area contributed by atoms with Gasteiger partial charge in [-0.1, -0.05) is 30.0 Å². The zero-order chi connectivity index (χ0) is 21.6. The third-order valence-corrected chi connectivity index (χ3v) is 5.88. The number of para-hydroxylation sites is 1. The van der Waals surface area contributed by atoms with Crippen LogP contribution in [0.15, 0.2) is 52.2 Å². The number of benzene rings is 1. The van der Waals surface area contributed by atoms with Crippen LogP contribution in [0, 0.1) is 0 Å². The van der Waals surface area contributed by atoms with Crippen molar-refractivity contribution in [1.29, 1.82) is 0 Å². The molecule has 1 aliphatic rings. The van der Waals surface area contributed by atoms with Crippen molar-refractivity contribution in [2.75, 3.05) is 12.4 Å². The van der Waals surface area contributed by atoms with E-state index in [9.17, 15) is 9.59 Å². The minimum Gasteiger partial charge on any atom is -0.493 e. The van der Waals surface area contributed by atoms with Gasteiger partial charge in [0.15, 0.2) is 5.16 Å². The molecular weight excluding hydrogens is 418 g/mol. The summed E-state index contributed by atoms with van der Waals surface area (Å²) in [7, 11) is 0. The molecule has 0 aliphatic carbocycles. The van der Waals surface area contributed by atoms with Gasteiger partial charge in [0.2, 0.25) is 11.8 Å². The zero-order valence-corrected chi connectivity index (χ0v) is 17.6. The van der Waals surface area contributed by atoms with Crippen LogP contribution in [0.2, 0.25) is 0 Å². The van der Waals surface area contributed by atoms with Gasteiger partial charge in [0.05, 0.1) is 31.2 Å². The van der Waals surface area contributed by atoms with E-state index in [1.165, 1.54) is 11.8 Å². The lowest BCUT2D eigenvalue weighted by molar-refractivity contribution is -0.119. The van der Waals surface area contributed by atoms with E-state index >= 15 is 0 Å². The molecule has 1 aliphatic heterocycles. The van der Waals surface area contributed by atoms with Crippen molar-refractivity contribution in [2.24, 2.45) is 5.73 Å². The quantitative estimate of drug-likeness (QED) is 0.487. The molecule has 0 saturated heterocycles. The normalized spacial score (nSPS) is 15.2. The maximum absolute atomic E-state index is 12.6. The fourth-order valence-corrected chi connectivity index (χ4v) is 4.19. The van der Waals surface area contributed by atoms with E-state index in [-0.39, 0.29) is 24.1 Å². The number of aryl methyl sites for hydroxylation is 1. The molecule has 0 saturated carbocycles. The molecule has 0 fully saturated rings. The van der Waals surface area contributed by atoms with Crippen molar-refractivity contribution in [3.8, 4) is 5.75 Å². The Morgan fingerprint density at radius 3 is 2.90 bits per heavy atom. The van der Waals surface area contributed by atoms with Crippen LogP contribution in [0.5, 0.6) is 5.75 Å². The molecule has 162 valence electrons. The highest BCUT2D eigenvalue weighted by Gasteiger charge is 2.23. The van der Waals surface area contributed by atoms with E-state index in [1.54, 1.807) is 12.3 Å². The van der Waals surface area contributed by atoms with Gasteiger partial charge < -0.3 is 20.2 Å². The molecule has 1 unspecified atom stereocenters. The van der Waals surface area contributed by atoms with Gasteiger partial charge in [-0.3, -0.25) is 14.2 Å². The first kappa shape index (κ1) is 21.0. The van der Waals surface area contributed by atoms with Crippen LogP contribution >= 0.6 is 11.8 Å². The Kier molecular flexibility index (Phi) is 6.56. The number of furan rings is 1. The monoisotopic (exact) mass is 441 g/mol. The third kappa shape index (κ3) is 5.26. The summed E-state index contributed by atoms with van der Waals surface area (Å²) < 4.78 is 12.9. The van der Waals surface area contributed by atoms with Gasteiger partial charge in [-0.05, 0) is 18.2 Å². The van der Waals surface area contributed by atoms with Gasteiger partial charge in [-0.25, -0.2) is 0 Å². The molecule has 3 N–H and O–H groups in total. The highest BCUT2D eigenvalue weighted by molar-refractivity contribution is 7.99. The highest BCUT2D eigenvalue weighted by Crippen LogP contribution is 2.31. The molecule has 3 heterocycles. The number of nitrogens with one attached hydrogen (secondary N) is 1. The fraction of sp³-hybridized carbons (Fsp3) is 0.333. The molecule has 0 spiro atoms. The number of primary amides is 1. The van der Waals surface area contributed by atoms with Gasteiger partial charge in [0.25, 0.3) is 0 Å². The van der Waals surface area contributed by atoms with Crippen LogP contribution < -0.4 is 15.8 Å². The number of fused-ring (bicyclic) bond motifs is 1. The van der Waals surface area contributed by atoms with E-state index in [4.69, 9.17) is 14.9 Å². The van der Waals surface area contributed by atoms with E-state index in [2.05, 4.69) is 15.5 Å². The Bertz CT molecular complexity index is 1050. The van der Waals surface area contributed by atoms with Crippen LogP contribution in [0.1, 0.15) is 36.0 Å². The van der Waals surface area contributed by atoms with Crippen molar-refractivity contribution < 1.29 is 18.7 Å². The number of hydrogen-bond donors (Lipinski definition) is 2. The van der Waals surface area contributed by atoms with Crippen molar-refractivity contribution in [2.45, 2.75) is 37.0 Å².